The molecule has 0 radical (unpaired) electrons. The summed E-state index contributed by atoms with van der Waals surface area (Å²) in [5.74, 6) is 0.378. The third kappa shape index (κ3) is 3.93. The van der Waals surface area contributed by atoms with Crippen LogP contribution in [0.25, 0.3) is 0 Å². The average Bonchev–Trinajstić information content (AvgIpc) is 3.17. The van der Waals surface area contributed by atoms with Crippen LogP contribution in [-0.4, -0.2) is 32.3 Å². The molecule has 124 valence electrons. The van der Waals surface area contributed by atoms with Gasteiger partial charge in [-0.1, -0.05) is 18.2 Å². The van der Waals surface area contributed by atoms with Gasteiger partial charge >= 0.3 is 0 Å². The first kappa shape index (κ1) is 16.1. The van der Waals surface area contributed by atoms with E-state index in [1.54, 1.807) is 37.6 Å². The second-order valence-corrected chi connectivity index (χ2v) is 5.72. The molecule has 0 spiro atoms. The largest absolute Gasteiger partial charge is 0.497 e. The van der Waals surface area contributed by atoms with E-state index in [2.05, 4.69) is 27.6 Å². The Morgan fingerprint density at radius 3 is 2.62 bits per heavy atom. The van der Waals surface area contributed by atoms with Crippen molar-refractivity contribution in [3.8, 4) is 5.75 Å². The number of ether oxygens (including phenoxy) is 1. The number of nitrogens with zero attached hydrogens (tertiary/aromatic N) is 2. The molecule has 2 aromatic rings. The standard InChI is InChI=1S/C19H21N3O2/c1-24-18-6-4-5-16(13-18)19(23)21-20-14-15-7-9-17(10-8-15)22-11-2-3-12-22/h4-10,13-14H,2-3,11-12H2,1H3,(H,21,23)/b20-14-. The predicted octanol–water partition coefficient (Wildman–Crippen LogP) is 3.06. The van der Waals surface area contributed by atoms with Gasteiger partial charge in [-0.15, -0.1) is 0 Å². The lowest BCUT2D eigenvalue weighted by molar-refractivity contribution is 0.0955. The van der Waals surface area contributed by atoms with Gasteiger partial charge < -0.3 is 9.64 Å². The number of carbonyl (C=O) groups excluding carboxylic acids is 1. The number of amides is 1. The number of nitrogens with one attached hydrogen (secondary N) is 1. The predicted molar refractivity (Wildman–Crippen MR) is 95.9 cm³/mol. The lowest BCUT2D eigenvalue weighted by Gasteiger charge is -2.17. The fourth-order valence-corrected chi connectivity index (χ4v) is 2.74. The van der Waals surface area contributed by atoms with Crippen LogP contribution in [0.3, 0.4) is 0 Å². The van der Waals surface area contributed by atoms with Gasteiger partial charge in [0.15, 0.2) is 0 Å². The first-order chi connectivity index (χ1) is 11.8. The summed E-state index contributed by atoms with van der Waals surface area (Å²) in [6, 6.07) is 15.2. The molecule has 1 aliphatic rings. The highest BCUT2D eigenvalue weighted by Gasteiger charge is 2.11. The lowest BCUT2D eigenvalue weighted by Crippen LogP contribution is -2.18. The van der Waals surface area contributed by atoms with E-state index in [1.807, 2.05) is 12.1 Å². The van der Waals surface area contributed by atoms with Crippen molar-refractivity contribution in [2.75, 3.05) is 25.1 Å². The Labute approximate surface area is 141 Å². The Morgan fingerprint density at radius 2 is 1.92 bits per heavy atom. The van der Waals surface area contributed by atoms with Crippen LogP contribution in [0.1, 0.15) is 28.8 Å². The van der Waals surface area contributed by atoms with Crippen molar-refractivity contribution in [2.45, 2.75) is 12.8 Å². The van der Waals surface area contributed by atoms with Gasteiger partial charge in [0.1, 0.15) is 5.75 Å². The summed E-state index contributed by atoms with van der Waals surface area (Å²) in [5.41, 5.74) is 5.23. The van der Waals surface area contributed by atoms with E-state index in [0.29, 0.717) is 11.3 Å². The molecule has 0 unspecified atom stereocenters. The minimum Gasteiger partial charge on any atom is -0.497 e. The van der Waals surface area contributed by atoms with Crippen molar-refractivity contribution >= 4 is 17.8 Å². The zero-order chi connectivity index (χ0) is 16.8. The molecule has 1 heterocycles. The second-order valence-electron chi connectivity index (χ2n) is 5.72. The molecular weight excluding hydrogens is 302 g/mol. The van der Waals surface area contributed by atoms with E-state index in [1.165, 1.54) is 18.5 Å². The molecular formula is C19H21N3O2. The maximum Gasteiger partial charge on any atom is 0.271 e. The smallest absolute Gasteiger partial charge is 0.271 e. The Kier molecular flexibility index (Phi) is 5.11. The summed E-state index contributed by atoms with van der Waals surface area (Å²) in [7, 11) is 1.57. The molecule has 1 aliphatic heterocycles. The minimum atomic E-state index is -0.265. The van der Waals surface area contributed by atoms with Gasteiger partial charge in [0.05, 0.1) is 13.3 Å². The Hall–Kier alpha value is -2.82. The molecule has 1 saturated heterocycles. The molecule has 24 heavy (non-hydrogen) atoms. The van der Waals surface area contributed by atoms with Crippen molar-refractivity contribution in [1.82, 2.24) is 5.43 Å². The average molecular weight is 323 g/mol. The van der Waals surface area contributed by atoms with E-state index < -0.39 is 0 Å². The third-order valence-electron chi connectivity index (χ3n) is 4.08. The molecule has 0 bridgehead atoms. The quantitative estimate of drug-likeness (QED) is 0.679. The first-order valence-electron chi connectivity index (χ1n) is 8.09. The lowest BCUT2D eigenvalue weighted by atomic mass is 10.2. The summed E-state index contributed by atoms with van der Waals surface area (Å²) in [6.45, 7) is 2.26. The molecule has 0 atom stereocenters. The number of methoxy groups -OCH3 is 1. The molecule has 1 N–H and O–H groups in total. The van der Waals surface area contributed by atoms with E-state index >= 15 is 0 Å². The van der Waals surface area contributed by atoms with Crippen molar-refractivity contribution in [3.05, 3.63) is 59.7 Å². The molecule has 5 nitrogen and oxygen atoms in total. The van der Waals surface area contributed by atoms with Crippen LogP contribution >= 0.6 is 0 Å². The highest BCUT2D eigenvalue weighted by molar-refractivity contribution is 5.95. The molecule has 2 aromatic carbocycles. The number of anilines is 1. The number of benzene rings is 2. The third-order valence-corrected chi connectivity index (χ3v) is 4.08. The van der Waals surface area contributed by atoms with Gasteiger partial charge in [0.25, 0.3) is 5.91 Å². The SMILES string of the molecule is COc1cccc(C(=O)N/N=C\c2ccc(N3CCCC3)cc2)c1. The van der Waals surface area contributed by atoms with Crippen molar-refractivity contribution < 1.29 is 9.53 Å². The maximum absolute atomic E-state index is 12.0. The molecule has 0 saturated carbocycles. The van der Waals surface area contributed by atoms with Gasteiger partial charge in [0, 0.05) is 24.3 Å². The number of hydrogen-bond acceptors (Lipinski definition) is 4. The summed E-state index contributed by atoms with van der Waals surface area (Å²) in [4.78, 5) is 14.4. The van der Waals surface area contributed by atoms with Crippen LogP contribution in [0, 0.1) is 0 Å². The molecule has 0 aromatic heterocycles. The molecule has 1 amide bonds. The van der Waals surface area contributed by atoms with E-state index in [9.17, 15) is 4.79 Å². The van der Waals surface area contributed by atoms with Crippen LogP contribution in [0.15, 0.2) is 53.6 Å². The van der Waals surface area contributed by atoms with Crippen LogP contribution in [-0.2, 0) is 0 Å². The van der Waals surface area contributed by atoms with Crippen molar-refractivity contribution in [1.29, 1.82) is 0 Å². The Bertz CT molecular complexity index is 720. The van der Waals surface area contributed by atoms with E-state index in [-0.39, 0.29) is 5.91 Å². The first-order valence-corrected chi connectivity index (χ1v) is 8.09. The van der Waals surface area contributed by atoms with Gasteiger partial charge in [-0.3, -0.25) is 4.79 Å². The fraction of sp³-hybridized carbons (Fsp3) is 0.263. The zero-order valence-electron chi connectivity index (χ0n) is 13.7. The fourth-order valence-electron chi connectivity index (χ4n) is 2.74. The summed E-state index contributed by atoms with van der Waals surface area (Å²) in [6.07, 6.45) is 4.17. The van der Waals surface area contributed by atoms with Crippen molar-refractivity contribution in [2.24, 2.45) is 5.10 Å². The van der Waals surface area contributed by atoms with E-state index in [4.69, 9.17) is 4.74 Å². The normalized spacial score (nSPS) is 14.1. The van der Waals surface area contributed by atoms with Crippen LogP contribution in [0.2, 0.25) is 0 Å². The Balaban J connectivity index is 1.58. The zero-order valence-corrected chi connectivity index (χ0v) is 13.7. The van der Waals surface area contributed by atoms with E-state index in [0.717, 1.165) is 18.7 Å². The summed E-state index contributed by atoms with van der Waals surface area (Å²) < 4.78 is 5.11. The van der Waals surface area contributed by atoms with Crippen molar-refractivity contribution in [3.63, 3.8) is 0 Å². The molecule has 3 rings (SSSR count). The number of hydrazone groups is 1. The van der Waals surface area contributed by atoms with Crippen LogP contribution in [0.5, 0.6) is 5.75 Å². The van der Waals surface area contributed by atoms with Crippen LogP contribution in [0.4, 0.5) is 5.69 Å². The second kappa shape index (κ2) is 7.64. The summed E-state index contributed by atoms with van der Waals surface area (Å²) >= 11 is 0. The topological polar surface area (TPSA) is 53.9 Å². The Morgan fingerprint density at radius 1 is 1.17 bits per heavy atom. The molecule has 1 fully saturated rings. The highest BCUT2D eigenvalue weighted by atomic mass is 16.5. The monoisotopic (exact) mass is 323 g/mol. The van der Waals surface area contributed by atoms with Crippen LogP contribution < -0.4 is 15.1 Å². The summed E-state index contributed by atoms with van der Waals surface area (Å²) in [5, 5.41) is 4.02. The number of carbonyl (C=O) groups is 1. The maximum atomic E-state index is 12.0. The number of rotatable bonds is 5. The highest BCUT2D eigenvalue weighted by Crippen LogP contribution is 2.20. The minimum absolute atomic E-state index is 0.265. The van der Waals surface area contributed by atoms with Gasteiger partial charge in [-0.2, -0.15) is 5.10 Å². The number of hydrogen-bond donors (Lipinski definition) is 1. The molecule has 0 aliphatic carbocycles. The van der Waals surface area contributed by atoms with Gasteiger partial charge in [-0.05, 0) is 48.7 Å². The van der Waals surface area contributed by atoms with Gasteiger partial charge in [-0.25, -0.2) is 5.43 Å². The van der Waals surface area contributed by atoms with Gasteiger partial charge in [0.2, 0.25) is 0 Å². The molecule has 5 heteroatoms.